The van der Waals surface area contributed by atoms with Gasteiger partial charge in [0, 0.05) is 24.2 Å². The number of hydrogen-bond acceptors (Lipinski definition) is 4. The summed E-state index contributed by atoms with van der Waals surface area (Å²) >= 11 is 0. The first-order valence-electron chi connectivity index (χ1n) is 14.6. The van der Waals surface area contributed by atoms with Gasteiger partial charge in [0.15, 0.2) is 14.0 Å². The van der Waals surface area contributed by atoms with Gasteiger partial charge in [-0.1, -0.05) is 92.0 Å². The Balaban J connectivity index is 1.68. The number of aromatic carboxylic acids is 1. The van der Waals surface area contributed by atoms with Crippen molar-refractivity contribution in [2.24, 2.45) is 0 Å². The second-order valence-corrected chi connectivity index (χ2v) is 17.8. The zero-order chi connectivity index (χ0) is 28.5. The maximum atomic E-state index is 13.2. The lowest BCUT2D eigenvalue weighted by Crippen LogP contribution is -2.48. The number of H-pyrrole nitrogens is 1. The summed E-state index contributed by atoms with van der Waals surface area (Å²) in [4.78, 5) is 30.3. The molecule has 8 heteroatoms. The minimum Gasteiger partial charge on any atom is -0.477 e. The summed E-state index contributed by atoms with van der Waals surface area (Å²) in [5.74, 6) is -0.766. The van der Waals surface area contributed by atoms with Crippen LogP contribution in [0.15, 0.2) is 35.1 Å². The van der Waals surface area contributed by atoms with Crippen molar-refractivity contribution >= 4 is 19.9 Å². The Morgan fingerprint density at radius 3 is 2.15 bits per heavy atom. The average molecular weight is 552 g/mol. The fourth-order valence-electron chi connectivity index (χ4n) is 6.98. The van der Waals surface area contributed by atoms with Gasteiger partial charge in [0.2, 0.25) is 0 Å². The maximum absolute atomic E-state index is 13.2. The SMILES string of the molecule is CC(C)[Si](OC[C@@H](C)c1[nH]n2c(=O)cc(-c3ccc(C4CCCCC4)cc3)nc2c1C(=O)O)(C(C)C)C(C)C. The zero-order valence-corrected chi connectivity index (χ0v) is 25.6. The molecule has 2 N–H and O–H groups in total. The highest BCUT2D eigenvalue weighted by molar-refractivity contribution is 6.77. The van der Waals surface area contributed by atoms with Crippen LogP contribution in [0.25, 0.3) is 16.9 Å². The number of aromatic amines is 1. The van der Waals surface area contributed by atoms with Crippen molar-refractivity contribution in [3.8, 4) is 11.3 Å². The Morgan fingerprint density at radius 2 is 1.62 bits per heavy atom. The predicted octanol–water partition coefficient (Wildman–Crippen LogP) is 7.73. The van der Waals surface area contributed by atoms with Crippen molar-refractivity contribution in [1.29, 1.82) is 0 Å². The number of nitrogens with one attached hydrogen (secondary N) is 1. The van der Waals surface area contributed by atoms with Gasteiger partial charge >= 0.3 is 5.97 Å². The molecule has 1 aromatic carbocycles. The van der Waals surface area contributed by atoms with E-state index in [-0.39, 0.29) is 22.7 Å². The van der Waals surface area contributed by atoms with Crippen molar-refractivity contribution in [3.05, 3.63) is 57.5 Å². The summed E-state index contributed by atoms with van der Waals surface area (Å²) in [7, 11) is -2.13. The number of hydrogen-bond donors (Lipinski definition) is 2. The smallest absolute Gasteiger partial charge is 0.341 e. The van der Waals surface area contributed by atoms with Gasteiger partial charge in [0.1, 0.15) is 5.56 Å². The lowest BCUT2D eigenvalue weighted by atomic mass is 9.84. The predicted molar refractivity (Wildman–Crippen MR) is 159 cm³/mol. The summed E-state index contributed by atoms with van der Waals surface area (Å²) < 4.78 is 8.02. The largest absolute Gasteiger partial charge is 0.477 e. The minimum atomic E-state index is -2.13. The van der Waals surface area contributed by atoms with Crippen molar-refractivity contribution in [2.75, 3.05) is 6.61 Å². The van der Waals surface area contributed by atoms with Crippen LogP contribution in [0.3, 0.4) is 0 Å². The highest BCUT2D eigenvalue weighted by atomic mass is 28.4. The van der Waals surface area contributed by atoms with Gasteiger partial charge < -0.3 is 9.53 Å². The van der Waals surface area contributed by atoms with E-state index < -0.39 is 14.3 Å². The lowest BCUT2D eigenvalue weighted by Gasteiger charge is -2.42. The van der Waals surface area contributed by atoms with E-state index in [4.69, 9.17) is 4.43 Å². The molecule has 0 amide bonds. The van der Waals surface area contributed by atoms with E-state index in [0.717, 1.165) is 5.56 Å². The number of carboxylic acids is 1. The van der Waals surface area contributed by atoms with Gasteiger partial charge in [-0.3, -0.25) is 9.89 Å². The van der Waals surface area contributed by atoms with Crippen molar-refractivity contribution < 1.29 is 14.3 Å². The number of carboxylic acid groups (broad SMARTS) is 1. The molecule has 1 saturated carbocycles. The van der Waals surface area contributed by atoms with E-state index >= 15 is 0 Å². The number of benzene rings is 1. The van der Waals surface area contributed by atoms with Gasteiger partial charge in [0.05, 0.1) is 11.4 Å². The van der Waals surface area contributed by atoms with Crippen LogP contribution >= 0.6 is 0 Å². The molecule has 2 heterocycles. The van der Waals surface area contributed by atoms with E-state index in [0.29, 0.717) is 40.5 Å². The van der Waals surface area contributed by atoms with Gasteiger partial charge in [-0.05, 0) is 40.9 Å². The number of nitrogens with zero attached hydrogens (tertiary/aromatic N) is 2. The first-order valence-corrected chi connectivity index (χ1v) is 16.7. The van der Waals surface area contributed by atoms with Crippen LogP contribution in [0.5, 0.6) is 0 Å². The van der Waals surface area contributed by atoms with Crippen LogP contribution in [0.2, 0.25) is 16.6 Å². The Bertz CT molecular complexity index is 1330. The molecule has 39 heavy (non-hydrogen) atoms. The molecular weight excluding hydrogens is 506 g/mol. The molecule has 212 valence electrons. The fraction of sp³-hybridized carbons (Fsp3) is 0.581. The summed E-state index contributed by atoms with van der Waals surface area (Å²) in [6, 6.07) is 9.73. The molecule has 0 spiro atoms. The monoisotopic (exact) mass is 551 g/mol. The summed E-state index contributed by atoms with van der Waals surface area (Å²) in [6.07, 6.45) is 6.29. The minimum absolute atomic E-state index is 0.0368. The third kappa shape index (κ3) is 5.64. The number of fused-ring (bicyclic) bond motifs is 1. The lowest BCUT2D eigenvalue weighted by molar-refractivity contribution is 0.0696. The van der Waals surface area contributed by atoms with Crippen molar-refractivity contribution in [2.45, 2.75) is 109 Å². The molecule has 0 aliphatic heterocycles. The van der Waals surface area contributed by atoms with E-state index in [2.05, 4.69) is 63.8 Å². The fourth-order valence-corrected chi connectivity index (χ4v) is 12.5. The van der Waals surface area contributed by atoms with Gasteiger partial charge in [-0.2, -0.15) is 0 Å². The molecule has 0 radical (unpaired) electrons. The third-order valence-corrected chi connectivity index (χ3v) is 15.0. The van der Waals surface area contributed by atoms with Crippen molar-refractivity contribution in [3.63, 3.8) is 0 Å². The number of carbonyl (C=O) groups is 1. The van der Waals surface area contributed by atoms with Crippen molar-refractivity contribution in [1.82, 2.24) is 14.6 Å². The van der Waals surface area contributed by atoms with E-state index in [1.807, 2.05) is 19.1 Å². The van der Waals surface area contributed by atoms with Crippen LogP contribution < -0.4 is 5.56 Å². The van der Waals surface area contributed by atoms with E-state index in [1.165, 1.54) is 48.2 Å². The van der Waals surface area contributed by atoms with Crippen LogP contribution in [-0.2, 0) is 4.43 Å². The molecule has 0 saturated heterocycles. The molecular formula is C31H45N3O4Si. The molecule has 4 rings (SSSR count). The first-order chi connectivity index (χ1) is 18.5. The van der Waals surface area contributed by atoms with E-state index in [1.54, 1.807) is 0 Å². The standard InChI is InChI=1S/C31H45N3O4Si/c1-19(2)39(20(3)4,21(5)6)38-18-22(7)29-28(31(36)37)30-32-26(17-27(35)34(30)33-29)25-15-13-24(14-16-25)23-11-9-8-10-12-23/h13-17,19-23,33H,8-12,18H2,1-7H3,(H,36,37)/t22-/m1/s1. The second-order valence-electron chi connectivity index (χ2n) is 12.3. The van der Waals surface area contributed by atoms with Gasteiger partial charge in [-0.15, -0.1) is 0 Å². The van der Waals surface area contributed by atoms with Gasteiger partial charge in [0.25, 0.3) is 5.56 Å². The number of rotatable bonds is 10. The Kier molecular flexibility index (Phi) is 8.86. The quantitative estimate of drug-likeness (QED) is 0.251. The molecule has 7 nitrogen and oxygen atoms in total. The van der Waals surface area contributed by atoms with Gasteiger partial charge in [-0.25, -0.2) is 14.3 Å². The highest BCUT2D eigenvalue weighted by Crippen LogP contribution is 2.43. The average Bonchev–Trinajstić information content (AvgIpc) is 3.29. The summed E-state index contributed by atoms with van der Waals surface area (Å²) in [5, 5.41) is 13.3. The third-order valence-electron chi connectivity index (χ3n) is 8.92. The van der Waals surface area contributed by atoms with Crippen LogP contribution in [0, 0.1) is 0 Å². The Morgan fingerprint density at radius 1 is 1.03 bits per heavy atom. The molecule has 0 bridgehead atoms. The Labute approximate surface area is 233 Å². The molecule has 2 aromatic heterocycles. The highest BCUT2D eigenvalue weighted by Gasteiger charge is 2.45. The molecule has 1 fully saturated rings. The van der Waals surface area contributed by atoms with E-state index in [9.17, 15) is 14.7 Å². The summed E-state index contributed by atoms with van der Waals surface area (Å²) in [5.41, 5.74) is 4.19. The number of aromatic nitrogens is 3. The molecule has 1 atom stereocenters. The zero-order valence-electron chi connectivity index (χ0n) is 24.6. The van der Waals surface area contributed by atoms with Crippen LogP contribution in [-0.4, -0.2) is 40.6 Å². The second kappa shape index (κ2) is 11.8. The maximum Gasteiger partial charge on any atom is 0.341 e. The van der Waals surface area contributed by atoms with Crippen LogP contribution in [0.4, 0.5) is 0 Å². The Hall–Kier alpha value is -2.71. The molecule has 3 aromatic rings. The first kappa shape index (κ1) is 29.3. The van der Waals surface area contributed by atoms with Crippen LogP contribution in [0.1, 0.15) is 114 Å². The topological polar surface area (TPSA) is 96.7 Å². The summed E-state index contributed by atoms with van der Waals surface area (Å²) in [6.45, 7) is 15.7. The molecule has 1 aliphatic rings. The molecule has 0 unspecified atom stereocenters. The normalized spacial score (nSPS) is 16.1. The molecule has 1 aliphatic carbocycles.